The summed E-state index contributed by atoms with van der Waals surface area (Å²) >= 11 is 6.72. The number of aromatic nitrogens is 4. The van der Waals surface area contributed by atoms with Crippen molar-refractivity contribution < 1.29 is 5.76 Å². The van der Waals surface area contributed by atoms with E-state index in [0.717, 1.165) is 30.9 Å². The Kier molecular flexibility index (Phi) is 5.03. The third kappa shape index (κ3) is 4.17. The van der Waals surface area contributed by atoms with Gasteiger partial charge in [-0.15, -0.1) is 5.10 Å². The highest BCUT2D eigenvalue weighted by atomic mass is 35.5. The van der Waals surface area contributed by atoms with Crippen LogP contribution < -0.4 is 10.6 Å². The van der Waals surface area contributed by atoms with Crippen LogP contribution in [0.3, 0.4) is 0 Å². The first-order valence-corrected chi connectivity index (χ1v) is 13.1. The van der Waals surface area contributed by atoms with Gasteiger partial charge in [-0.2, -0.15) is 5.26 Å². The maximum Gasteiger partial charge on any atom is 0.123 e. The molecule has 0 spiro atoms. The second-order valence-electron chi connectivity index (χ2n) is 10.3. The van der Waals surface area contributed by atoms with Crippen molar-refractivity contribution in [2.24, 2.45) is 11.8 Å². The van der Waals surface area contributed by atoms with Gasteiger partial charge in [-0.25, -0.2) is 9.07 Å². The number of fused-ring (bicyclic) bond motifs is 2. The molecule has 2 aromatic heterocycles. The molecule has 3 saturated carbocycles. The van der Waals surface area contributed by atoms with E-state index in [0.29, 0.717) is 56.4 Å². The van der Waals surface area contributed by atoms with Gasteiger partial charge in [0, 0.05) is 23.3 Å². The number of rotatable bonds is 7. The van der Waals surface area contributed by atoms with E-state index in [1.165, 1.54) is 25.0 Å². The van der Waals surface area contributed by atoms with Gasteiger partial charge in [0.2, 0.25) is 0 Å². The first kappa shape index (κ1) is 21.4. The molecule has 3 aliphatic rings. The molecule has 4 aromatic rings. The molecule has 9 heteroatoms. The third-order valence-corrected chi connectivity index (χ3v) is 8.10. The molecule has 0 aliphatic heterocycles. The second-order valence-corrected chi connectivity index (χ2v) is 10.7. The van der Waals surface area contributed by atoms with Crippen LogP contribution in [0.2, 0.25) is 5.02 Å². The SMILES string of the molecule is [2H][C@@](Nc1cc(Cl)c2ncc(C#N)c(NC3CCC4CC43)c2c1)(c1ccc(F)cc1)c1cn(C2CC2)nn1. The first-order valence-electron chi connectivity index (χ1n) is 13.2. The molecule has 186 valence electrons. The first-order chi connectivity index (χ1) is 18.4. The topological polar surface area (TPSA) is 91.5 Å². The Morgan fingerprint density at radius 2 is 2.03 bits per heavy atom. The zero-order chi connectivity index (χ0) is 26.0. The van der Waals surface area contributed by atoms with E-state index in [2.05, 4.69) is 32.0 Å². The fourth-order valence-corrected chi connectivity index (χ4v) is 5.86. The van der Waals surface area contributed by atoms with Crippen LogP contribution in [0.5, 0.6) is 0 Å². The lowest BCUT2D eigenvalue weighted by Crippen LogP contribution is -2.20. The Balaban J connectivity index is 1.32. The molecular formula is C28H25ClFN7. The highest BCUT2D eigenvalue weighted by Gasteiger charge is 2.48. The maximum absolute atomic E-state index is 13.8. The Labute approximate surface area is 220 Å². The number of hydrogen-bond donors (Lipinski definition) is 2. The Morgan fingerprint density at radius 1 is 1.19 bits per heavy atom. The van der Waals surface area contributed by atoms with Crippen LogP contribution >= 0.6 is 11.6 Å². The summed E-state index contributed by atoms with van der Waals surface area (Å²) < 4.78 is 25.1. The van der Waals surface area contributed by atoms with Gasteiger partial charge in [-0.1, -0.05) is 28.9 Å². The van der Waals surface area contributed by atoms with Gasteiger partial charge in [0.15, 0.2) is 0 Å². The highest BCUT2D eigenvalue weighted by molar-refractivity contribution is 6.35. The fourth-order valence-electron chi connectivity index (χ4n) is 5.59. The standard InChI is InChI=1S/C28H25ClFN7/c29-23-11-19(10-22-26(17(12-31)13-32-28(22)23)34-24-8-3-16-9-21(16)24)33-27(15-1-4-18(30)5-2-15)25-14-37(36-35-25)20-6-7-20/h1-2,4-5,10-11,13-14,16,20-21,24,27,33H,3,6-9H2,(H,32,34)/t16?,21?,24?,27-/m1/s1/i27D. The highest BCUT2D eigenvalue weighted by Crippen LogP contribution is 2.53. The monoisotopic (exact) mass is 514 g/mol. The molecule has 2 N–H and O–H groups in total. The number of nitrogens with zero attached hydrogens (tertiary/aromatic N) is 5. The average molecular weight is 515 g/mol. The van der Waals surface area contributed by atoms with E-state index in [1.807, 2.05) is 6.07 Å². The van der Waals surface area contributed by atoms with Crippen molar-refractivity contribution in [2.75, 3.05) is 10.6 Å². The Hall–Kier alpha value is -3.70. The van der Waals surface area contributed by atoms with E-state index in [1.54, 1.807) is 35.3 Å². The van der Waals surface area contributed by atoms with Crippen molar-refractivity contribution in [1.82, 2.24) is 20.0 Å². The van der Waals surface area contributed by atoms with Gasteiger partial charge < -0.3 is 10.6 Å². The van der Waals surface area contributed by atoms with Crippen LogP contribution in [0.1, 0.15) is 62.4 Å². The quantitative estimate of drug-likeness (QED) is 0.303. The predicted molar refractivity (Wildman–Crippen MR) is 140 cm³/mol. The third-order valence-electron chi connectivity index (χ3n) is 7.81. The summed E-state index contributed by atoms with van der Waals surface area (Å²) in [5, 5.41) is 26.5. The van der Waals surface area contributed by atoms with E-state index >= 15 is 0 Å². The number of nitriles is 1. The van der Waals surface area contributed by atoms with Crippen molar-refractivity contribution in [1.29, 1.82) is 5.26 Å². The molecule has 0 amide bonds. The lowest BCUT2D eigenvalue weighted by atomic mass is 10.0. The average Bonchev–Trinajstić information content (AvgIpc) is 3.83. The molecule has 4 atom stereocenters. The minimum absolute atomic E-state index is 0.301. The second kappa shape index (κ2) is 8.70. The van der Waals surface area contributed by atoms with Crippen LogP contribution in [0.4, 0.5) is 15.8 Å². The van der Waals surface area contributed by atoms with Crippen molar-refractivity contribution in [3.8, 4) is 6.07 Å². The molecule has 0 saturated heterocycles. The van der Waals surface area contributed by atoms with Crippen LogP contribution in [0.25, 0.3) is 10.9 Å². The minimum atomic E-state index is -1.57. The number of pyridine rings is 1. The smallest absolute Gasteiger partial charge is 0.123 e. The van der Waals surface area contributed by atoms with E-state index < -0.39 is 6.02 Å². The largest absolute Gasteiger partial charge is 0.380 e. The van der Waals surface area contributed by atoms with Crippen LogP contribution in [0, 0.1) is 29.0 Å². The molecule has 2 aromatic carbocycles. The van der Waals surface area contributed by atoms with Crippen molar-refractivity contribution in [3.63, 3.8) is 0 Å². The number of anilines is 2. The summed E-state index contributed by atoms with van der Waals surface area (Å²) in [6, 6.07) is 10.7. The molecule has 37 heavy (non-hydrogen) atoms. The van der Waals surface area contributed by atoms with Gasteiger partial charge in [0.05, 0.1) is 41.4 Å². The van der Waals surface area contributed by atoms with Gasteiger partial charge in [0.25, 0.3) is 0 Å². The van der Waals surface area contributed by atoms with Crippen molar-refractivity contribution in [2.45, 2.75) is 50.2 Å². The van der Waals surface area contributed by atoms with Crippen LogP contribution in [0.15, 0.2) is 48.8 Å². The predicted octanol–water partition coefficient (Wildman–Crippen LogP) is 6.24. The van der Waals surface area contributed by atoms with E-state index in [-0.39, 0.29) is 5.82 Å². The minimum Gasteiger partial charge on any atom is -0.380 e. The number of benzene rings is 2. The fraction of sp³-hybridized carbons (Fsp3) is 0.357. The van der Waals surface area contributed by atoms with Gasteiger partial charge in [0.1, 0.15) is 17.6 Å². The van der Waals surface area contributed by atoms with Crippen molar-refractivity contribution >= 4 is 33.9 Å². The number of halogens is 2. The van der Waals surface area contributed by atoms with Crippen molar-refractivity contribution in [3.05, 3.63) is 76.5 Å². The summed E-state index contributed by atoms with van der Waals surface area (Å²) in [6.45, 7) is 0. The Bertz CT molecular complexity index is 1600. The van der Waals surface area contributed by atoms with Gasteiger partial charge >= 0.3 is 0 Å². The molecule has 0 radical (unpaired) electrons. The molecule has 7 nitrogen and oxygen atoms in total. The maximum atomic E-state index is 13.8. The van der Waals surface area contributed by atoms with Gasteiger partial charge in [-0.05, 0) is 73.8 Å². The number of hydrogen-bond acceptors (Lipinski definition) is 6. The molecule has 7 rings (SSSR count). The lowest BCUT2D eigenvalue weighted by Gasteiger charge is -2.21. The molecular weight excluding hydrogens is 489 g/mol. The Morgan fingerprint density at radius 3 is 2.73 bits per heavy atom. The molecule has 2 heterocycles. The molecule has 0 bridgehead atoms. The van der Waals surface area contributed by atoms with Gasteiger partial charge in [-0.3, -0.25) is 4.98 Å². The normalized spacial score (nSPS) is 24.1. The van der Waals surface area contributed by atoms with Crippen LogP contribution in [-0.2, 0) is 0 Å². The molecule has 3 aliphatic carbocycles. The molecule has 3 unspecified atom stereocenters. The summed E-state index contributed by atoms with van der Waals surface area (Å²) in [5.41, 5.74) is 3.21. The zero-order valence-electron chi connectivity index (χ0n) is 21.0. The summed E-state index contributed by atoms with van der Waals surface area (Å²) in [7, 11) is 0. The van der Waals surface area contributed by atoms with E-state index in [9.17, 15) is 11.0 Å². The zero-order valence-corrected chi connectivity index (χ0v) is 20.7. The van der Waals surface area contributed by atoms with Crippen LogP contribution in [-0.4, -0.2) is 26.0 Å². The summed E-state index contributed by atoms with van der Waals surface area (Å²) in [5.74, 6) is 1.05. The van der Waals surface area contributed by atoms with E-state index in [4.69, 9.17) is 11.6 Å². The number of nitrogens with one attached hydrogen (secondary N) is 2. The lowest BCUT2D eigenvalue weighted by molar-refractivity contribution is 0.610. The molecule has 3 fully saturated rings. The summed E-state index contributed by atoms with van der Waals surface area (Å²) in [4.78, 5) is 4.47. The summed E-state index contributed by atoms with van der Waals surface area (Å²) in [6.07, 6.45) is 8.92.